The second kappa shape index (κ2) is 5.43. The fraction of sp³-hybridized carbons (Fsp3) is 0.267. The largest absolute Gasteiger partial charge is 0.378 e. The van der Waals surface area contributed by atoms with E-state index in [1.807, 2.05) is 24.3 Å². The Bertz CT molecular complexity index is 591. The molecule has 0 spiro atoms. The minimum absolute atomic E-state index is 0.689. The lowest BCUT2D eigenvalue weighted by Crippen LogP contribution is -2.35. The summed E-state index contributed by atoms with van der Waals surface area (Å²) in [4.78, 5) is 7.03. The van der Waals surface area contributed by atoms with Gasteiger partial charge in [-0.2, -0.15) is 0 Å². The fourth-order valence-corrected chi connectivity index (χ4v) is 3.20. The number of benzene rings is 1. The van der Waals surface area contributed by atoms with E-state index in [1.165, 1.54) is 15.4 Å². The molecule has 3 nitrogen and oxygen atoms in total. The Morgan fingerprint density at radius 3 is 2.47 bits per heavy atom. The van der Waals surface area contributed by atoms with Gasteiger partial charge in [0.1, 0.15) is 0 Å². The molecule has 0 radical (unpaired) electrons. The number of thiophene rings is 1. The van der Waals surface area contributed by atoms with Gasteiger partial charge in [0.15, 0.2) is 5.69 Å². The van der Waals surface area contributed by atoms with Crippen molar-refractivity contribution in [1.29, 1.82) is 0 Å². The SMILES string of the molecule is [C-]#[N+]c1ccc(-c2ccc(N3CCOCC3)s2)cc1. The van der Waals surface area contributed by atoms with Crippen LogP contribution in [0.1, 0.15) is 0 Å². The lowest BCUT2D eigenvalue weighted by Gasteiger charge is -2.27. The van der Waals surface area contributed by atoms with Crippen molar-refractivity contribution in [1.82, 2.24) is 0 Å². The molecule has 0 saturated carbocycles. The van der Waals surface area contributed by atoms with E-state index in [-0.39, 0.29) is 0 Å². The van der Waals surface area contributed by atoms with Crippen LogP contribution in [0.2, 0.25) is 0 Å². The fourth-order valence-electron chi connectivity index (χ4n) is 2.14. The van der Waals surface area contributed by atoms with Crippen LogP contribution in [0.3, 0.4) is 0 Å². The van der Waals surface area contributed by atoms with Crippen LogP contribution in [-0.4, -0.2) is 26.3 Å². The van der Waals surface area contributed by atoms with Gasteiger partial charge in [-0.3, -0.25) is 0 Å². The summed E-state index contributed by atoms with van der Waals surface area (Å²) in [5.74, 6) is 0. The third-order valence-electron chi connectivity index (χ3n) is 3.20. The van der Waals surface area contributed by atoms with Gasteiger partial charge in [-0.15, -0.1) is 11.3 Å². The van der Waals surface area contributed by atoms with Gasteiger partial charge in [0.05, 0.1) is 24.8 Å². The summed E-state index contributed by atoms with van der Waals surface area (Å²) in [7, 11) is 0. The molecule has 1 aromatic heterocycles. The number of hydrogen-bond acceptors (Lipinski definition) is 3. The van der Waals surface area contributed by atoms with E-state index < -0.39 is 0 Å². The maximum absolute atomic E-state index is 6.97. The van der Waals surface area contributed by atoms with Gasteiger partial charge in [-0.25, -0.2) is 4.85 Å². The molecule has 1 fully saturated rings. The van der Waals surface area contributed by atoms with Crippen molar-refractivity contribution in [3.05, 3.63) is 47.8 Å². The second-order valence-electron chi connectivity index (χ2n) is 4.40. The Morgan fingerprint density at radius 2 is 1.79 bits per heavy atom. The van der Waals surface area contributed by atoms with Crippen LogP contribution < -0.4 is 4.90 Å². The number of hydrogen-bond donors (Lipinski definition) is 0. The van der Waals surface area contributed by atoms with Crippen molar-refractivity contribution in [3.63, 3.8) is 0 Å². The highest BCUT2D eigenvalue weighted by Crippen LogP contribution is 2.34. The first-order chi connectivity index (χ1) is 9.36. The Hall–Kier alpha value is -1.83. The minimum atomic E-state index is 0.689. The number of nitrogens with zero attached hydrogens (tertiary/aromatic N) is 2. The highest BCUT2D eigenvalue weighted by Gasteiger charge is 2.13. The molecule has 2 heterocycles. The quantitative estimate of drug-likeness (QED) is 0.772. The lowest BCUT2D eigenvalue weighted by molar-refractivity contribution is 0.123. The van der Waals surface area contributed by atoms with Crippen molar-refractivity contribution in [2.45, 2.75) is 0 Å². The molecule has 0 N–H and O–H groups in total. The summed E-state index contributed by atoms with van der Waals surface area (Å²) < 4.78 is 5.37. The average Bonchev–Trinajstić information content (AvgIpc) is 2.98. The smallest absolute Gasteiger partial charge is 0.187 e. The van der Waals surface area contributed by atoms with Gasteiger partial charge in [-0.1, -0.05) is 24.3 Å². The van der Waals surface area contributed by atoms with E-state index in [1.54, 1.807) is 11.3 Å². The summed E-state index contributed by atoms with van der Waals surface area (Å²) in [6.07, 6.45) is 0. The van der Waals surface area contributed by atoms with E-state index >= 15 is 0 Å². The zero-order valence-electron chi connectivity index (χ0n) is 10.5. The Balaban J connectivity index is 1.81. The number of ether oxygens (including phenoxy) is 1. The predicted octanol–water partition coefficient (Wildman–Crippen LogP) is 3.80. The van der Waals surface area contributed by atoms with E-state index in [9.17, 15) is 0 Å². The van der Waals surface area contributed by atoms with Crippen molar-refractivity contribution in [2.75, 3.05) is 31.2 Å². The maximum atomic E-state index is 6.97. The summed E-state index contributed by atoms with van der Waals surface area (Å²) in [6.45, 7) is 10.5. The molecule has 0 bridgehead atoms. The van der Waals surface area contributed by atoms with E-state index in [0.717, 1.165) is 26.3 Å². The van der Waals surface area contributed by atoms with E-state index in [0.29, 0.717) is 5.69 Å². The Labute approximate surface area is 116 Å². The summed E-state index contributed by atoms with van der Waals surface area (Å²) in [5, 5.41) is 1.30. The topological polar surface area (TPSA) is 16.8 Å². The van der Waals surface area contributed by atoms with Gasteiger partial charge >= 0.3 is 0 Å². The summed E-state index contributed by atoms with van der Waals surface area (Å²) in [6, 6.07) is 12.1. The van der Waals surface area contributed by atoms with Crippen LogP contribution in [0.25, 0.3) is 15.3 Å². The first-order valence-electron chi connectivity index (χ1n) is 6.27. The first kappa shape index (κ1) is 12.2. The van der Waals surface area contributed by atoms with Crippen molar-refractivity contribution in [3.8, 4) is 10.4 Å². The van der Waals surface area contributed by atoms with Gasteiger partial charge < -0.3 is 9.64 Å². The summed E-state index contributed by atoms with van der Waals surface area (Å²) in [5.41, 5.74) is 1.87. The number of morpholine rings is 1. The third kappa shape index (κ3) is 2.62. The van der Waals surface area contributed by atoms with Crippen LogP contribution in [0.15, 0.2) is 36.4 Å². The molecule has 1 aliphatic rings. The van der Waals surface area contributed by atoms with E-state index in [2.05, 4.69) is 21.9 Å². The van der Waals surface area contributed by atoms with Crippen LogP contribution in [0, 0.1) is 6.57 Å². The van der Waals surface area contributed by atoms with Crippen LogP contribution in [0.5, 0.6) is 0 Å². The number of rotatable bonds is 2. The average molecular weight is 270 g/mol. The summed E-state index contributed by atoms with van der Waals surface area (Å²) >= 11 is 1.80. The molecule has 0 amide bonds. The lowest BCUT2D eigenvalue weighted by atomic mass is 10.2. The predicted molar refractivity (Wildman–Crippen MR) is 79.0 cm³/mol. The number of anilines is 1. The van der Waals surface area contributed by atoms with Crippen molar-refractivity contribution < 1.29 is 4.74 Å². The first-order valence-corrected chi connectivity index (χ1v) is 7.09. The molecular formula is C15H14N2OS. The molecule has 1 aromatic carbocycles. The molecule has 1 saturated heterocycles. The molecule has 3 rings (SSSR count). The zero-order valence-corrected chi connectivity index (χ0v) is 11.3. The Kier molecular flexibility index (Phi) is 3.49. The Morgan fingerprint density at radius 1 is 1.05 bits per heavy atom. The van der Waals surface area contributed by atoms with Gasteiger partial charge in [0.2, 0.25) is 0 Å². The van der Waals surface area contributed by atoms with Gasteiger partial charge in [0.25, 0.3) is 0 Å². The monoisotopic (exact) mass is 270 g/mol. The van der Waals surface area contributed by atoms with Crippen LogP contribution in [0.4, 0.5) is 10.7 Å². The standard InChI is InChI=1S/C15H14N2OS/c1-16-13-4-2-12(3-5-13)14-6-7-15(19-14)17-8-10-18-11-9-17/h2-7H,8-11H2. The molecule has 1 aliphatic heterocycles. The van der Waals surface area contributed by atoms with Gasteiger partial charge in [0, 0.05) is 18.0 Å². The normalized spacial score (nSPS) is 15.2. The van der Waals surface area contributed by atoms with E-state index in [4.69, 9.17) is 11.3 Å². The van der Waals surface area contributed by atoms with Crippen LogP contribution in [-0.2, 0) is 4.74 Å². The molecule has 0 aliphatic carbocycles. The molecule has 4 heteroatoms. The third-order valence-corrected chi connectivity index (χ3v) is 4.39. The second-order valence-corrected chi connectivity index (χ2v) is 5.46. The highest BCUT2D eigenvalue weighted by atomic mass is 32.1. The van der Waals surface area contributed by atoms with Crippen LogP contribution >= 0.6 is 11.3 Å². The molecule has 0 unspecified atom stereocenters. The molecular weight excluding hydrogens is 256 g/mol. The maximum Gasteiger partial charge on any atom is 0.187 e. The molecule has 0 atom stereocenters. The highest BCUT2D eigenvalue weighted by molar-refractivity contribution is 7.19. The molecule has 2 aromatic rings. The molecule has 96 valence electrons. The van der Waals surface area contributed by atoms with Crippen molar-refractivity contribution in [2.24, 2.45) is 0 Å². The van der Waals surface area contributed by atoms with Gasteiger partial charge in [-0.05, 0) is 17.7 Å². The van der Waals surface area contributed by atoms with Crippen molar-refractivity contribution >= 4 is 22.0 Å². The molecule has 19 heavy (non-hydrogen) atoms. The zero-order chi connectivity index (χ0) is 13.1. The minimum Gasteiger partial charge on any atom is -0.378 e.